The molecule has 0 saturated heterocycles. The van der Waals surface area contributed by atoms with Crippen molar-refractivity contribution in [3.63, 3.8) is 0 Å². The molecule has 0 heterocycles. The van der Waals surface area contributed by atoms with Gasteiger partial charge in [0.2, 0.25) is 0 Å². The summed E-state index contributed by atoms with van der Waals surface area (Å²) >= 11 is 0. The number of allylic oxidation sites excluding steroid dienone is 2. The molecule has 0 bridgehead atoms. The standard InChI is InChI=1S/C29H46N2O3/c1-31-22-27(21-29(33)34)10-6-9-23(19-25-13-15-28(32)16-14-25)7-4-2-3-5-8-24-11-12-26(20-24)17-18-30/h6,10,13-16,20,23-24,27,31-32H,2-5,7-9,11-12,17-19,21-22,30H2,1H3,(H,33,34). The van der Waals surface area contributed by atoms with E-state index in [2.05, 4.69) is 23.5 Å². The topological polar surface area (TPSA) is 95.6 Å². The molecule has 5 N–H and O–H groups in total. The Labute approximate surface area is 206 Å². The van der Waals surface area contributed by atoms with Gasteiger partial charge in [0.05, 0.1) is 6.42 Å². The summed E-state index contributed by atoms with van der Waals surface area (Å²) < 4.78 is 0. The van der Waals surface area contributed by atoms with Crippen molar-refractivity contribution in [2.45, 2.75) is 77.0 Å². The monoisotopic (exact) mass is 470 g/mol. The normalized spacial score (nSPS) is 17.7. The van der Waals surface area contributed by atoms with Crippen LogP contribution in [0.4, 0.5) is 0 Å². The third kappa shape index (κ3) is 11.8. The Morgan fingerprint density at radius 1 is 1.21 bits per heavy atom. The second kappa shape index (κ2) is 16.5. The first kappa shape index (κ1) is 28.1. The van der Waals surface area contributed by atoms with Crippen molar-refractivity contribution in [1.29, 1.82) is 0 Å². The first-order chi connectivity index (χ1) is 16.5. The average molecular weight is 471 g/mol. The van der Waals surface area contributed by atoms with Crippen molar-refractivity contribution < 1.29 is 15.0 Å². The molecule has 190 valence electrons. The van der Waals surface area contributed by atoms with Gasteiger partial charge in [0.15, 0.2) is 0 Å². The van der Waals surface area contributed by atoms with Crippen LogP contribution in [-0.2, 0) is 11.2 Å². The lowest BCUT2D eigenvalue weighted by molar-refractivity contribution is -0.137. The molecular formula is C29H46N2O3. The lowest BCUT2D eigenvalue weighted by Gasteiger charge is -2.16. The number of carbonyl (C=O) groups is 1. The number of nitrogens with two attached hydrogens (primary N) is 1. The molecule has 1 aliphatic rings. The number of phenolic OH excluding ortho intramolecular Hbond substituents is 1. The summed E-state index contributed by atoms with van der Waals surface area (Å²) in [7, 11) is 1.86. The van der Waals surface area contributed by atoms with Crippen LogP contribution in [0.5, 0.6) is 5.75 Å². The van der Waals surface area contributed by atoms with Crippen LogP contribution >= 0.6 is 0 Å². The van der Waals surface area contributed by atoms with Crippen molar-refractivity contribution in [2.24, 2.45) is 23.5 Å². The molecule has 0 saturated carbocycles. The summed E-state index contributed by atoms with van der Waals surface area (Å²) in [5.74, 6) is 0.861. The molecule has 0 spiro atoms. The molecule has 1 aromatic rings. The Bertz CT molecular complexity index is 757. The van der Waals surface area contributed by atoms with E-state index in [-0.39, 0.29) is 12.3 Å². The predicted octanol–water partition coefficient (Wildman–Crippen LogP) is 5.83. The summed E-state index contributed by atoms with van der Waals surface area (Å²) in [5.41, 5.74) is 8.50. The van der Waals surface area contributed by atoms with Crippen LogP contribution in [0.3, 0.4) is 0 Å². The van der Waals surface area contributed by atoms with E-state index in [0.29, 0.717) is 18.2 Å². The molecule has 1 aliphatic carbocycles. The number of benzene rings is 1. The molecule has 0 radical (unpaired) electrons. The highest BCUT2D eigenvalue weighted by molar-refractivity contribution is 5.67. The highest BCUT2D eigenvalue weighted by Gasteiger charge is 2.15. The second-order valence-electron chi connectivity index (χ2n) is 9.97. The van der Waals surface area contributed by atoms with E-state index in [1.54, 1.807) is 17.7 Å². The van der Waals surface area contributed by atoms with E-state index in [1.165, 1.54) is 56.9 Å². The van der Waals surface area contributed by atoms with Crippen molar-refractivity contribution in [2.75, 3.05) is 20.1 Å². The fourth-order valence-electron chi connectivity index (χ4n) is 5.11. The Kier molecular flexibility index (Phi) is 13.7. The number of hydrogen-bond acceptors (Lipinski definition) is 4. The van der Waals surface area contributed by atoms with Crippen LogP contribution in [-0.4, -0.2) is 36.3 Å². The Hall–Kier alpha value is -2.11. The van der Waals surface area contributed by atoms with Crippen molar-refractivity contribution >= 4 is 5.97 Å². The zero-order valence-corrected chi connectivity index (χ0v) is 21.1. The van der Waals surface area contributed by atoms with Gasteiger partial charge in [-0.25, -0.2) is 0 Å². The minimum Gasteiger partial charge on any atom is -0.508 e. The Morgan fingerprint density at radius 2 is 1.97 bits per heavy atom. The highest BCUT2D eigenvalue weighted by Crippen LogP contribution is 2.30. The van der Waals surface area contributed by atoms with Crippen LogP contribution < -0.4 is 11.1 Å². The first-order valence-electron chi connectivity index (χ1n) is 13.2. The van der Waals surface area contributed by atoms with Crippen LogP contribution in [0, 0.1) is 17.8 Å². The number of unbranched alkanes of at least 4 members (excludes halogenated alkanes) is 3. The van der Waals surface area contributed by atoms with Gasteiger partial charge in [-0.3, -0.25) is 4.79 Å². The van der Waals surface area contributed by atoms with Gasteiger partial charge in [-0.2, -0.15) is 0 Å². The molecule has 0 fully saturated rings. The number of phenols is 1. The lowest BCUT2D eigenvalue weighted by Crippen LogP contribution is -2.19. The molecule has 3 atom stereocenters. The van der Waals surface area contributed by atoms with Crippen LogP contribution in [0.25, 0.3) is 0 Å². The number of hydrogen-bond donors (Lipinski definition) is 4. The first-order valence-corrected chi connectivity index (χ1v) is 13.2. The lowest BCUT2D eigenvalue weighted by atomic mass is 9.89. The fourth-order valence-corrected chi connectivity index (χ4v) is 5.11. The minimum atomic E-state index is -0.755. The van der Waals surface area contributed by atoms with Gasteiger partial charge in [-0.15, -0.1) is 0 Å². The number of aromatic hydroxyl groups is 1. The van der Waals surface area contributed by atoms with Crippen molar-refractivity contribution in [3.05, 3.63) is 53.6 Å². The Balaban J connectivity index is 1.78. The number of carboxylic acids is 1. The third-order valence-electron chi connectivity index (χ3n) is 6.95. The molecular weight excluding hydrogens is 424 g/mol. The molecule has 2 rings (SSSR count). The molecule has 5 nitrogen and oxygen atoms in total. The largest absolute Gasteiger partial charge is 0.508 e. The van der Waals surface area contributed by atoms with Gasteiger partial charge in [-0.05, 0) is 94.0 Å². The number of carboxylic acid groups (broad SMARTS) is 1. The minimum absolute atomic E-state index is 0.0202. The van der Waals surface area contributed by atoms with Gasteiger partial charge >= 0.3 is 5.97 Å². The summed E-state index contributed by atoms with van der Waals surface area (Å²) in [6.45, 7) is 1.45. The van der Waals surface area contributed by atoms with Gasteiger partial charge in [0, 0.05) is 6.54 Å². The summed E-state index contributed by atoms with van der Waals surface area (Å²) in [4.78, 5) is 11.1. The predicted molar refractivity (Wildman–Crippen MR) is 141 cm³/mol. The maximum absolute atomic E-state index is 11.1. The molecule has 1 aromatic carbocycles. The Morgan fingerprint density at radius 3 is 2.68 bits per heavy atom. The third-order valence-corrected chi connectivity index (χ3v) is 6.95. The number of nitrogens with one attached hydrogen (secondary N) is 1. The van der Waals surface area contributed by atoms with E-state index >= 15 is 0 Å². The van der Waals surface area contributed by atoms with E-state index in [4.69, 9.17) is 10.8 Å². The summed E-state index contributed by atoms with van der Waals surface area (Å²) in [5, 5.41) is 21.8. The maximum atomic E-state index is 11.1. The molecule has 0 aliphatic heterocycles. The average Bonchev–Trinajstić information content (AvgIpc) is 3.24. The van der Waals surface area contributed by atoms with Gasteiger partial charge in [0.25, 0.3) is 0 Å². The van der Waals surface area contributed by atoms with Gasteiger partial charge < -0.3 is 21.3 Å². The van der Waals surface area contributed by atoms with Crippen molar-refractivity contribution in [1.82, 2.24) is 5.32 Å². The molecule has 3 unspecified atom stereocenters. The second-order valence-corrected chi connectivity index (χ2v) is 9.97. The quantitative estimate of drug-likeness (QED) is 0.160. The van der Waals surface area contributed by atoms with Crippen LogP contribution in [0.1, 0.15) is 76.2 Å². The van der Waals surface area contributed by atoms with E-state index in [1.807, 2.05) is 19.2 Å². The maximum Gasteiger partial charge on any atom is 0.303 e. The number of aliphatic carboxylic acids is 1. The van der Waals surface area contributed by atoms with E-state index < -0.39 is 5.97 Å². The zero-order valence-electron chi connectivity index (χ0n) is 21.1. The molecule has 0 aromatic heterocycles. The molecule has 34 heavy (non-hydrogen) atoms. The summed E-state index contributed by atoms with van der Waals surface area (Å²) in [6, 6.07) is 7.53. The molecule has 0 amide bonds. The smallest absolute Gasteiger partial charge is 0.303 e. The SMILES string of the molecule is CNCC(C=CCC(CCCCCCC1C=C(CCN)CC1)Cc1ccc(O)cc1)CC(=O)O. The summed E-state index contributed by atoms with van der Waals surface area (Å²) in [6.07, 6.45) is 20.0. The highest BCUT2D eigenvalue weighted by atomic mass is 16.4. The van der Waals surface area contributed by atoms with Crippen LogP contribution in [0.15, 0.2) is 48.1 Å². The van der Waals surface area contributed by atoms with Crippen LogP contribution in [0.2, 0.25) is 0 Å². The van der Waals surface area contributed by atoms with E-state index in [0.717, 1.165) is 31.7 Å². The van der Waals surface area contributed by atoms with Crippen molar-refractivity contribution in [3.8, 4) is 5.75 Å². The van der Waals surface area contributed by atoms with E-state index in [9.17, 15) is 9.90 Å². The van der Waals surface area contributed by atoms with Gasteiger partial charge in [-0.1, -0.05) is 61.6 Å². The fraction of sp³-hybridized carbons (Fsp3) is 0.621. The van der Waals surface area contributed by atoms with Gasteiger partial charge in [0.1, 0.15) is 5.75 Å². The molecule has 5 heteroatoms. The number of rotatable bonds is 18. The zero-order chi connectivity index (χ0) is 24.6.